The van der Waals surface area contributed by atoms with Gasteiger partial charge in [0.1, 0.15) is 12.5 Å². The smallest absolute Gasteiger partial charge is 0.145 e. The van der Waals surface area contributed by atoms with E-state index in [-0.39, 0.29) is 6.10 Å². The number of rotatable bonds is 4. The summed E-state index contributed by atoms with van der Waals surface area (Å²) in [5.74, 6) is 0.547. The van der Waals surface area contributed by atoms with E-state index >= 15 is 0 Å². The lowest BCUT2D eigenvalue weighted by Gasteiger charge is -2.11. The Hall–Kier alpha value is -1.03. The summed E-state index contributed by atoms with van der Waals surface area (Å²) in [7, 11) is 0. The quantitative estimate of drug-likeness (QED) is 0.770. The number of ether oxygens (including phenoxy) is 1. The van der Waals surface area contributed by atoms with Gasteiger partial charge in [-0.15, -0.1) is 0 Å². The van der Waals surface area contributed by atoms with E-state index in [0.29, 0.717) is 12.5 Å². The van der Waals surface area contributed by atoms with Gasteiger partial charge in [-0.2, -0.15) is 5.10 Å². The first-order chi connectivity index (χ1) is 6.13. The Morgan fingerprint density at radius 3 is 2.85 bits per heavy atom. The number of hydrogen-bond acceptors (Lipinski definition) is 3. The first-order valence-corrected chi connectivity index (χ1v) is 4.55. The van der Waals surface area contributed by atoms with Gasteiger partial charge in [0.05, 0.1) is 6.10 Å². The van der Waals surface area contributed by atoms with Crippen molar-refractivity contribution in [2.45, 2.75) is 40.0 Å². The molecule has 1 atom stereocenters. The highest BCUT2D eigenvalue weighted by Gasteiger charge is 2.03. The summed E-state index contributed by atoms with van der Waals surface area (Å²) in [6.45, 7) is 6.58. The van der Waals surface area contributed by atoms with Crippen molar-refractivity contribution in [1.29, 1.82) is 0 Å². The summed E-state index contributed by atoms with van der Waals surface area (Å²) in [5.41, 5.74) is 6.56. The molecule has 2 N–H and O–H groups in total. The van der Waals surface area contributed by atoms with Crippen LogP contribution >= 0.6 is 0 Å². The van der Waals surface area contributed by atoms with Crippen LogP contribution in [0.1, 0.15) is 26.0 Å². The molecule has 1 aromatic heterocycles. The molecule has 0 aromatic carbocycles. The van der Waals surface area contributed by atoms with E-state index in [1.165, 1.54) is 0 Å². The van der Waals surface area contributed by atoms with Crippen LogP contribution in [0.25, 0.3) is 0 Å². The molecule has 0 aliphatic carbocycles. The molecule has 0 aliphatic heterocycles. The topological polar surface area (TPSA) is 53.1 Å². The monoisotopic (exact) mass is 183 g/mol. The Kier molecular flexibility index (Phi) is 3.31. The van der Waals surface area contributed by atoms with Crippen molar-refractivity contribution in [2.24, 2.45) is 0 Å². The summed E-state index contributed by atoms with van der Waals surface area (Å²) in [5, 5.41) is 4.09. The molecule has 0 radical (unpaired) electrons. The molecule has 1 aromatic rings. The van der Waals surface area contributed by atoms with E-state index in [1.54, 1.807) is 4.68 Å². The molecule has 0 amide bonds. The van der Waals surface area contributed by atoms with E-state index in [2.05, 4.69) is 12.0 Å². The number of nitrogens with zero attached hydrogens (tertiary/aromatic N) is 2. The van der Waals surface area contributed by atoms with Crippen molar-refractivity contribution in [3.05, 3.63) is 11.8 Å². The average Bonchev–Trinajstić information content (AvgIpc) is 2.41. The van der Waals surface area contributed by atoms with Crippen LogP contribution in [0.4, 0.5) is 5.82 Å². The highest BCUT2D eigenvalue weighted by atomic mass is 16.5. The molecule has 0 saturated heterocycles. The van der Waals surface area contributed by atoms with E-state index in [0.717, 1.165) is 12.1 Å². The van der Waals surface area contributed by atoms with E-state index in [1.807, 2.05) is 19.9 Å². The Morgan fingerprint density at radius 2 is 2.38 bits per heavy atom. The zero-order chi connectivity index (χ0) is 9.84. The molecule has 0 bridgehead atoms. The molecule has 0 saturated carbocycles. The van der Waals surface area contributed by atoms with Crippen molar-refractivity contribution in [1.82, 2.24) is 9.78 Å². The molecule has 0 spiro atoms. The largest absolute Gasteiger partial charge is 0.382 e. The first kappa shape index (κ1) is 10.1. The predicted molar refractivity (Wildman–Crippen MR) is 52.2 cm³/mol. The van der Waals surface area contributed by atoms with Crippen LogP contribution < -0.4 is 5.73 Å². The van der Waals surface area contributed by atoms with Crippen LogP contribution in [0.3, 0.4) is 0 Å². The Morgan fingerprint density at radius 1 is 1.69 bits per heavy atom. The Bertz CT molecular complexity index is 270. The average molecular weight is 183 g/mol. The summed E-state index contributed by atoms with van der Waals surface area (Å²) in [4.78, 5) is 0. The van der Waals surface area contributed by atoms with Crippen LogP contribution in [-0.4, -0.2) is 15.9 Å². The highest BCUT2D eigenvalue weighted by molar-refractivity contribution is 5.28. The third-order valence-electron chi connectivity index (χ3n) is 2.06. The van der Waals surface area contributed by atoms with E-state index < -0.39 is 0 Å². The van der Waals surface area contributed by atoms with Crippen LogP contribution in [0.2, 0.25) is 0 Å². The summed E-state index contributed by atoms with van der Waals surface area (Å²) in [6, 6.07) is 1.83. The number of anilines is 1. The molecular formula is C9H17N3O. The number of aryl methyl sites for hydroxylation is 1. The van der Waals surface area contributed by atoms with Crippen molar-refractivity contribution >= 4 is 5.82 Å². The normalized spacial score (nSPS) is 13.2. The van der Waals surface area contributed by atoms with Crippen LogP contribution in [0.15, 0.2) is 6.07 Å². The minimum absolute atomic E-state index is 0.268. The maximum atomic E-state index is 5.53. The maximum Gasteiger partial charge on any atom is 0.145 e. The van der Waals surface area contributed by atoms with Gasteiger partial charge in [0.15, 0.2) is 0 Å². The van der Waals surface area contributed by atoms with Crippen molar-refractivity contribution in [2.75, 3.05) is 5.73 Å². The molecule has 0 fully saturated rings. The third-order valence-corrected chi connectivity index (χ3v) is 2.06. The van der Waals surface area contributed by atoms with Gasteiger partial charge in [0.25, 0.3) is 0 Å². The fraction of sp³-hybridized carbons (Fsp3) is 0.667. The highest BCUT2D eigenvalue weighted by Crippen LogP contribution is 2.05. The lowest BCUT2D eigenvalue weighted by molar-refractivity contribution is 0.00903. The standard InChI is InChI=1S/C9H17N3O/c1-4-8(3)13-6-12-7(2)5-9(10)11-12/h5,8H,4,6H2,1-3H3,(H2,10,11). The van der Waals surface area contributed by atoms with Crippen molar-refractivity contribution in [3.63, 3.8) is 0 Å². The van der Waals surface area contributed by atoms with Crippen LogP contribution in [0.5, 0.6) is 0 Å². The lowest BCUT2D eigenvalue weighted by Crippen LogP contribution is -2.12. The maximum absolute atomic E-state index is 5.53. The predicted octanol–water partition coefficient (Wildman–Crippen LogP) is 1.55. The number of nitrogens with two attached hydrogens (primary N) is 1. The fourth-order valence-electron chi connectivity index (χ4n) is 0.982. The molecule has 1 rings (SSSR count). The molecule has 74 valence electrons. The van der Waals surface area contributed by atoms with E-state index in [9.17, 15) is 0 Å². The first-order valence-electron chi connectivity index (χ1n) is 4.55. The Labute approximate surface area is 78.7 Å². The second kappa shape index (κ2) is 4.28. The molecule has 1 unspecified atom stereocenters. The second-order valence-electron chi connectivity index (χ2n) is 3.22. The molecular weight excluding hydrogens is 166 g/mol. The summed E-state index contributed by atoms with van der Waals surface area (Å²) in [6.07, 6.45) is 1.28. The summed E-state index contributed by atoms with van der Waals surface area (Å²) >= 11 is 0. The zero-order valence-electron chi connectivity index (χ0n) is 8.45. The number of aromatic nitrogens is 2. The molecule has 4 nitrogen and oxygen atoms in total. The second-order valence-corrected chi connectivity index (χ2v) is 3.22. The van der Waals surface area contributed by atoms with Gasteiger partial charge >= 0.3 is 0 Å². The van der Waals surface area contributed by atoms with Gasteiger partial charge in [-0.3, -0.25) is 0 Å². The van der Waals surface area contributed by atoms with Gasteiger partial charge in [-0.05, 0) is 20.3 Å². The van der Waals surface area contributed by atoms with Gasteiger partial charge in [-0.25, -0.2) is 4.68 Å². The lowest BCUT2D eigenvalue weighted by atomic mass is 10.3. The van der Waals surface area contributed by atoms with Gasteiger partial charge in [-0.1, -0.05) is 6.92 Å². The van der Waals surface area contributed by atoms with E-state index in [4.69, 9.17) is 10.5 Å². The molecule has 4 heteroatoms. The molecule has 13 heavy (non-hydrogen) atoms. The zero-order valence-corrected chi connectivity index (χ0v) is 8.45. The Balaban J connectivity index is 2.49. The minimum Gasteiger partial charge on any atom is -0.382 e. The van der Waals surface area contributed by atoms with Gasteiger partial charge < -0.3 is 10.5 Å². The van der Waals surface area contributed by atoms with Crippen molar-refractivity contribution in [3.8, 4) is 0 Å². The molecule has 1 heterocycles. The van der Waals surface area contributed by atoms with Crippen LogP contribution in [-0.2, 0) is 11.5 Å². The van der Waals surface area contributed by atoms with Crippen molar-refractivity contribution < 1.29 is 4.74 Å². The number of hydrogen-bond donors (Lipinski definition) is 1. The SMILES string of the molecule is CCC(C)OCn1nc(N)cc1C. The third kappa shape index (κ3) is 2.73. The van der Waals surface area contributed by atoms with Gasteiger partial charge in [0.2, 0.25) is 0 Å². The van der Waals surface area contributed by atoms with Gasteiger partial charge in [0, 0.05) is 11.8 Å². The minimum atomic E-state index is 0.268. The fourth-order valence-corrected chi connectivity index (χ4v) is 0.982. The summed E-state index contributed by atoms with van der Waals surface area (Å²) < 4.78 is 7.28. The number of nitrogen functional groups attached to an aromatic ring is 1. The van der Waals surface area contributed by atoms with Crippen LogP contribution in [0, 0.1) is 6.92 Å². The molecule has 0 aliphatic rings.